The number of halogens is 2. The molecule has 168 valence electrons. The molecule has 0 bridgehead atoms. The number of nitrogen functional groups attached to an aromatic ring is 1. The van der Waals surface area contributed by atoms with Crippen LogP contribution in [-0.4, -0.2) is 23.3 Å². The molecule has 0 saturated heterocycles. The monoisotopic (exact) mass is 449 g/mol. The summed E-state index contributed by atoms with van der Waals surface area (Å²) in [7, 11) is 0. The zero-order valence-corrected chi connectivity index (χ0v) is 17.8. The second-order valence-electron chi connectivity index (χ2n) is 8.47. The van der Waals surface area contributed by atoms with Gasteiger partial charge in [-0.25, -0.2) is 0 Å². The van der Waals surface area contributed by atoms with Gasteiger partial charge in [-0.1, -0.05) is 18.2 Å². The topological polar surface area (TPSA) is 98.3 Å². The van der Waals surface area contributed by atoms with Crippen molar-refractivity contribution in [3.05, 3.63) is 70.9 Å². The number of carbonyl (C=O) groups excluding carboxylic acids is 1. The Morgan fingerprint density at radius 3 is 2.61 bits per heavy atom. The number of aryl methyl sites for hydroxylation is 1. The number of hydrogen-bond acceptors (Lipinski definition) is 6. The number of benzene rings is 2. The summed E-state index contributed by atoms with van der Waals surface area (Å²) < 4.78 is 35.7. The van der Waals surface area contributed by atoms with E-state index >= 15 is 0 Å². The SMILES string of the molecule is Cc1ccc(CC(=O)C2(c3ccc4c(c3)OC(F)(F)O4)CC2)nc1-c1ccc(N)c(C=N)c1. The van der Waals surface area contributed by atoms with E-state index in [0.29, 0.717) is 35.3 Å². The first-order valence-electron chi connectivity index (χ1n) is 10.5. The van der Waals surface area contributed by atoms with Gasteiger partial charge in [-0.2, -0.15) is 0 Å². The van der Waals surface area contributed by atoms with Gasteiger partial charge in [0, 0.05) is 35.1 Å². The van der Waals surface area contributed by atoms with Crippen LogP contribution in [0, 0.1) is 12.3 Å². The molecular formula is C25H21F2N3O3. The molecule has 1 aliphatic heterocycles. The van der Waals surface area contributed by atoms with E-state index in [0.717, 1.165) is 16.8 Å². The summed E-state index contributed by atoms with van der Waals surface area (Å²) in [5.41, 5.74) is 10.0. The van der Waals surface area contributed by atoms with Crippen molar-refractivity contribution in [1.82, 2.24) is 4.98 Å². The van der Waals surface area contributed by atoms with E-state index in [-0.39, 0.29) is 23.7 Å². The van der Waals surface area contributed by atoms with Gasteiger partial charge in [0.15, 0.2) is 11.5 Å². The molecular weight excluding hydrogens is 428 g/mol. The molecule has 0 amide bonds. The number of nitrogens with two attached hydrogens (primary N) is 1. The average molecular weight is 449 g/mol. The third-order valence-corrected chi connectivity index (χ3v) is 6.25. The number of nitrogens with one attached hydrogen (secondary N) is 1. The van der Waals surface area contributed by atoms with E-state index in [2.05, 4.69) is 9.47 Å². The number of nitrogens with zero attached hydrogens (tertiary/aromatic N) is 1. The Kier molecular flexibility index (Phi) is 4.70. The fourth-order valence-electron chi connectivity index (χ4n) is 4.24. The summed E-state index contributed by atoms with van der Waals surface area (Å²) in [6.45, 7) is 1.93. The third kappa shape index (κ3) is 3.71. The van der Waals surface area contributed by atoms with Gasteiger partial charge in [0.25, 0.3) is 0 Å². The van der Waals surface area contributed by atoms with E-state index in [1.165, 1.54) is 18.3 Å². The third-order valence-electron chi connectivity index (χ3n) is 6.25. The summed E-state index contributed by atoms with van der Waals surface area (Å²) >= 11 is 0. The highest BCUT2D eigenvalue weighted by atomic mass is 19.3. The van der Waals surface area contributed by atoms with Gasteiger partial charge in [-0.05, 0) is 61.2 Å². The minimum atomic E-state index is -3.69. The van der Waals surface area contributed by atoms with Gasteiger partial charge >= 0.3 is 6.29 Å². The first kappa shape index (κ1) is 21.1. The summed E-state index contributed by atoms with van der Waals surface area (Å²) in [6, 6.07) is 13.6. The highest BCUT2D eigenvalue weighted by Gasteiger charge is 2.52. The molecule has 1 aromatic heterocycles. The summed E-state index contributed by atoms with van der Waals surface area (Å²) in [4.78, 5) is 18.0. The Bertz CT molecular complexity index is 1300. The van der Waals surface area contributed by atoms with Crippen molar-refractivity contribution < 1.29 is 23.0 Å². The van der Waals surface area contributed by atoms with Crippen molar-refractivity contribution in [2.24, 2.45) is 0 Å². The quantitative estimate of drug-likeness (QED) is 0.416. The minimum Gasteiger partial charge on any atom is -0.398 e. The Hall–Kier alpha value is -3.81. The molecule has 0 unspecified atom stereocenters. The Morgan fingerprint density at radius 2 is 1.88 bits per heavy atom. The fourth-order valence-corrected chi connectivity index (χ4v) is 4.24. The first-order valence-corrected chi connectivity index (χ1v) is 10.5. The number of ketones is 1. The van der Waals surface area contributed by atoms with E-state index in [1.807, 2.05) is 25.1 Å². The molecule has 0 spiro atoms. The number of rotatable bonds is 6. The second-order valence-corrected chi connectivity index (χ2v) is 8.47. The van der Waals surface area contributed by atoms with Crippen LogP contribution in [0.15, 0.2) is 48.5 Å². The van der Waals surface area contributed by atoms with Gasteiger partial charge in [0.2, 0.25) is 0 Å². The van der Waals surface area contributed by atoms with E-state index < -0.39 is 11.7 Å². The molecule has 2 heterocycles. The second kappa shape index (κ2) is 7.37. The largest absolute Gasteiger partial charge is 0.586 e. The van der Waals surface area contributed by atoms with Crippen molar-refractivity contribution in [2.75, 3.05) is 5.73 Å². The number of anilines is 1. The molecule has 0 atom stereocenters. The number of aromatic nitrogens is 1. The Labute approximate surface area is 188 Å². The maximum atomic E-state index is 13.4. The predicted octanol–water partition coefficient (Wildman–Crippen LogP) is 4.80. The molecule has 8 heteroatoms. The van der Waals surface area contributed by atoms with Crippen molar-refractivity contribution >= 4 is 17.7 Å². The molecule has 6 nitrogen and oxygen atoms in total. The summed E-state index contributed by atoms with van der Waals surface area (Å²) in [6.07, 6.45) is -1.10. The summed E-state index contributed by atoms with van der Waals surface area (Å²) in [5.74, 6) is -0.116. The summed E-state index contributed by atoms with van der Waals surface area (Å²) in [5, 5.41) is 7.53. The molecule has 1 aliphatic carbocycles. The van der Waals surface area contributed by atoms with Gasteiger partial charge < -0.3 is 20.6 Å². The van der Waals surface area contributed by atoms with Crippen LogP contribution in [0.25, 0.3) is 11.3 Å². The van der Waals surface area contributed by atoms with Crippen molar-refractivity contribution in [3.63, 3.8) is 0 Å². The predicted molar refractivity (Wildman–Crippen MR) is 119 cm³/mol. The van der Waals surface area contributed by atoms with Crippen LogP contribution in [0.4, 0.5) is 14.5 Å². The number of ether oxygens (including phenoxy) is 2. The van der Waals surface area contributed by atoms with Gasteiger partial charge in [-0.15, -0.1) is 8.78 Å². The van der Waals surface area contributed by atoms with Crippen molar-refractivity contribution in [2.45, 2.75) is 37.9 Å². The number of pyridine rings is 1. The van der Waals surface area contributed by atoms with Crippen LogP contribution in [0.1, 0.15) is 35.2 Å². The molecule has 0 radical (unpaired) electrons. The average Bonchev–Trinajstić information content (AvgIpc) is 3.52. The first-order chi connectivity index (χ1) is 15.7. The normalized spacial score (nSPS) is 16.9. The Morgan fingerprint density at radius 1 is 1.12 bits per heavy atom. The number of Topliss-reactive ketones (excluding diaryl/α,β-unsaturated/α-hetero) is 1. The molecule has 5 rings (SSSR count). The zero-order valence-electron chi connectivity index (χ0n) is 17.8. The maximum absolute atomic E-state index is 13.4. The van der Waals surface area contributed by atoms with Gasteiger partial charge in [-0.3, -0.25) is 9.78 Å². The molecule has 2 aromatic carbocycles. The Balaban J connectivity index is 1.41. The van der Waals surface area contributed by atoms with Crippen LogP contribution in [-0.2, 0) is 16.6 Å². The minimum absolute atomic E-state index is 0.0204. The smallest absolute Gasteiger partial charge is 0.398 e. The van der Waals surface area contributed by atoms with E-state index in [1.54, 1.807) is 18.2 Å². The van der Waals surface area contributed by atoms with Crippen LogP contribution < -0.4 is 15.2 Å². The lowest BCUT2D eigenvalue weighted by atomic mass is 9.88. The lowest BCUT2D eigenvalue weighted by molar-refractivity contribution is -0.286. The van der Waals surface area contributed by atoms with Crippen LogP contribution in [0.5, 0.6) is 11.5 Å². The van der Waals surface area contributed by atoms with Gasteiger partial charge in [0.05, 0.1) is 11.1 Å². The van der Waals surface area contributed by atoms with Crippen LogP contribution in [0.3, 0.4) is 0 Å². The fraction of sp³-hybridized carbons (Fsp3) is 0.240. The highest BCUT2D eigenvalue weighted by molar-refractivity contribution is 5.94. The van der Waals surface area contributed by atoms with E-state index in [9.17, 15) is 13.6 Å². The number of alkyl halides is 2. The number of carbonyl (C=O) groups is 1. The highest BCUT2D eigenvalue weighted by Crippen LogP contribution is 2.52. The molecule has 1 saturated carbocycles. The molecule has 2 aliphatic rings. The molecule has 33 heavy (non-hydrogen) atoms. The number of hydrogen-bond donors (Lipinski definition) is 2. The molecule has 1 fully saturated rings. The molecule has 3 aromatic rings. The van der Waals surface area contributed by atoms with Crippen LogP contribution in [0.2, 0.25) is 0 Å². The van der Waals surface area contributed by atoms with Crippen molar-refractivity contribution in [1.29, 1.82) is 5.41 Å². The molecule has 3 N–H and O–H groups in total. The lowest BCUT2D eigenvalue weighted by Gasteiger charge is -2.16. The van der Waals surface area contributed by atoms with E-state index in [4.69, 9.17) is 16.1 Å². The van der Waals surface area contributed by atoms with Gasteiger partial charge in [0.1, 0.15) is 5.78 Å². The standard InChI is InChI=1S/C25H21F2N3O3/c1-14-2-5-18(30-23(14)15-3-6-19(29)16(10-15)13-28)12-22(31)24(8-9-24)17-4-7-20-21(11-17)33-25(26,27)32-20/h2-7,10-11,13,28H,8-9,12,29H2,1H3. The lowest BCUT2D eigenvalue weighted by Crippen LogP contribution is -2.26. The number of fused-ring (bicyclic) bond motifs is 1. The maximum Gasteiger partial charge on any atom is 0.586 e. The van der Waals surface area contributed by atoms with Crippen LogP contribution >= 0.6 is 0 Å². The van der Waals surface area contributed by atoms with Crippen molar-refractivity contribution in [3.8, 4) is 22.8 Å². The zero-order chi connectivity index (χ0) is 23.4.